The zero-order chi connectivity index (χ0) is 19.9. The summed E-state index contributed by atoms with van der Waals surface area (Å²) in [5.74, 6) is 1.19. The lowest BCUT2D eigenvalue weighted by molar-refractivity contribution is -0.116. The van der Waals surface area contributed by atoms with Gasteiger partial charge in [-0.25, -0.2) is 0 Å². The fourth-order valence-corrected chi connectivity index (χ4v) is 3.16. The van der Waals surface area contributed by atoms with Gasteiger partial charge in [-0.1, -0.05) is 19.1 Å². The molecule has 6 nitrogen and oxygen atoms in total. The van der Waals surface area contributed by atoms with Crippen LogP contribution in [0.4, 0.5) is 11.4 Å². The Labute approximate surface area is 170 Å². The van der Waals surface area contributed by atoms with E-state index >= 15 is 0 Å². The van der Waals surface area contributed by atoms with Crippen molar-refractivity contribution in [3.63, 3.8) is 0 Å². The Bertz CT molecular complexity index is 839. The van der Waals surface area contributed by atoms with E-state index in [2.05, 4.69) is 29.7 Å². The van der Waals surface area contributed by atoms with E-state index in [9.17, 15) is 4.79 Å². The molecule has 1 amide bonds. The fraction of sp³-hybridized carbons (Fsp3) is 0.333. The quantitative estimate of drug-likeness (QED) is 0.723. The van der Waals surface area contributed by atoms with Crippen molar-refractivity contribution in [2.45, 2.75) is 20.3 Å². The summed E-state index contributed by atoms with van der Waals surface area (Å²) < 4.78 is 11.0. The molecule has 0 aliphatic carbocycles. The molecule has 0 radical (unpaired) electrons. The summed E-state index contributed by atoms with van der Waals surface area (Å²) in [5.41, 5.74) is 2.84. The second-order valence-corrected chi connectivity index (χ2v) is 6.79. The number of nitrogens with zero attached hydrogens (tertiary/aromatic N) is 1. The van der Waals surface area contributed by atoms with Gasteiger partial charge >= 0.3 is 0 Å². The first kappa shape index (κ1) is 19.9. The number of thiocarbonyl (C=S) groups is 1. The predicted octanol–water partition coefficient (Wildman–Crippen LogP) is 3.68. The number of aryl methyl sites for hydroxylation is 1. The minimum absolute atomic E-state index is 0.149. The number of carbonyl (C=O) groups is 1. The normalized spacial score (nSPS) is 12.2. The SMILES string of the molecule is CCc1ccc(NC(=S)N(CC)CC(=O)Nc2ccc3c(c2)OCCO3)cc1. The second kappa shape index (κ2) is 9.41. The highest BCUT2D eigenvalue weighted by atomic mass is 32.1. The van der Waals surface area contributed by atoms with Gasteiger partial charge in [-0.2, -0.15) is 0 Å². The number of hydrogen-bond acceptors (Lipinski definition) is 4. The minimum Gasteiger partial charge on any atom is -0.486 e. The molecular weight excluding hydrogens is 374 g/mol. The summed E-state index contributed by atoms with van der Waals surface area (Å²) in [6, 6.07) is 13.5. The van der Waals surface area contributed by atoms with E-state index in [4.69, 9.17) is 21.7 Å². The Morgan fingerprint density at radius 3 is 2.36 bits per heavy atom. The van der Waals surface area contributed by atoms with Gasteiger partial charge in [0.05, 0.1) is 6.54 Å². The predicted molar refractivity (Wildman–Crippen MR) is 115 cm³/mol. The van der Waals surface area contributed by atoms with Gasteiger partial charge in [-0.15, -0.1) is 0 Å². The van der Waals surface area contributed by atoms with Gasteiger partial charge in [0, 0.05) is 24.0 Å². The summed E-state index contributed by atoms with van der Waals surface area (Å²) in [5, 5.41) is 6.60. The molecule has 2 aromatic carbocycles. The third kappa shape index (κ3) is 5.13. The highest BCUT2D eigenvalue weighted by Crippen LogP contribution is 2.32. The Morgan fingerprint density at radius 1 is 1.00 bits per heavy atom. The number of nitrogens with one attached hydrogen (secondary N) is 2. The Kier molecular flexibility index (Phi) is 6.71. The smallest absolute Gasteiger partial charge is 0.243 e. The van der Waals surface area contributed by atoms with Gasteiger partial charge in [0.2, 0.25) is 5.91 Å². The lowest BCUT2D eigenvalue weighted by atomic mass is 10.1. The average molecular weight is 400 g/mol. The molecule has 3 rings (SSSR count). The maximum atomic E-state index is 12.5. The number of fused-ring (bicyclic) bond motifs is 1. The molecule has 1 aliphatic heterocycles. The van der Waals surface area contributed by atoms with Crippen LogP contribution >= 0.6 is 12.2 Å². The van der Waals surface area contributed by atoms with Crippen LogP contribution in [0.15, 0.2) is 42.5 Å². The van der Waals surface area contributed by atoms with Crippen molar-refractivity contribution in [1.82, 2.24) is 4.90 Å². The number of carbonyl (C=O) groups excluding carboxylic acids is 1. The van der Waals surface area contributed by atoms with Crippen LogP contribution in [-0.4, -0.2) is 42.2 Å². The number of rotatable bonds is 6. The van der Waals surface area contributed by atoms with Crippen molar-refractivity contribution >= 4 is 34.6 Å². The average Bonchev–Trinajstić information content (AvgIpc) is 2.72. The summed E-state index contributed by atoms with van der Waals surface area (Å²) in [6.07, 6.45) is 0.992. The number of benzene rings is 2. The topological polar surface area (TPSA) is 62.8 Å². The van der Waals surface area contributed by atoms with Gasteiger partial charge in [-0.3, -0.25) is 4.79 Å². The molecule has 7 heteroatoms. The van der Waals surface area contributed by atoms with Gasteiger partial charge in [0.15, 0.2) is 16.6 Å². The molecule has 0 atom stereocenters. The van der Waals surface area contributed by atoms with Crippen LogP contribution in [-0.2, 0) is 11.2 Å². The van der Waals surface area contributed by atoms with E-state index in [0.717, 1.165) is 12.1 Å². The van der Waals surface area contributed by atoms with Crippen LogP contribution in [0.2, 0.25) is 0 Å². The molecule has 0 fully saturated rings. The molecule has 0 spiro atoms. The Morgan fingerprint density at radius 2 is 1.68 bits per heavy atom. The Balaban J connectivity index is 1.57. The second-order valence-electron chi connectivity index (χ2n) is 6.40. The van der Waals surface area contributed by atoms with Crippen molar-refractivity contribution in [3.05, 3.63) is 48.0 Å². The highest BCUT2D eigenvalue weighted by Gasteiger charge is 2.15. The van der Waals surface area contributed by atoms with E-state index in [0.29, 0.717) is 42.1 Å². The standard InChI is InChI=1S/C21H25N3O3S/c1-3-15-5-7-16(8-6-15)23-21(28)24(4-2)14-20(25)22-17-9-10-18-19(13-17)27-12-11-26-18/h5-10,13H,3-4,11-12,14H2,1-2H3,(H,22,25)(H,23,28). The molecule has 0 unspecified atom stereocenters. The molecule has 1 aliphatic rings. The zero-order valence-electron chi connectivity index (χ0n) is 16.2. The van der Waals surface area contributed by atoms with E-state index in [1.807, 2.05) is 24.0 Å². The van der Waals surface area contributed by atoms with Gasteiger partial charge in [0.1, 0.15) is 13.2 Å². The first-order valence-corrected chi connectivity index (χ1v) is 9.84. The van der Waals surface area contributed by atoms with Crippen LogP contribution in [0.1, 0.15) is 19.4 Å². The van der Waals surface area contributed by atoms with Crippen LogP contribution < -0.4 is 20.1 Å². The minimum atomic E-state index is -0.149. The van der Waals surface area contributed by atoms with E-state index in [1.165, 1.54) is 5.56 Å². The summed E-state index contributed by atoms with van der Waals surface area (Å²) in [7, 11) is 0. The first-order chi connectivity index (χ1) is 13.6. The first-order valence-electron chi connectivity index (χ1n) is 9.43. The molecule has 0 saturated carbocycles. The molecular formula is C21H25N3O3S. The molecule has 1 heterocycles. The summed E-state index contributed by atoms with van der Waals surface area (Å²) >= 11 is 5.48. The largest absolute Gasteiger partial charge is 0.486 e. The van der Waals surface area contributed by atoms with Gasteiger partial charge in [0.25, 0.3) is 0 Å². The third-order valence-corrected chi connectivity index (χ3v) is 4.80. The zero-order valence-corrected chi connectivity index (χ0v) is 17.0. The maximum absolute atomic E-state index is 12.5. The van der Waals surface area contributed by atoms with E-state index < -0.39 is 0 Å². The summed E-state index contributed by atoms with van der Waals surface area (Å²) in [4.78, 5) is 14.3. The summed E-state index contributed by atoms with van der Waals surface area (Å²) in [6.45, 7) is 5.90. The number of likely N-dealkylation sites (N-methyl/N-ethyl adjacent to an activating group) is 1. The van der Waals surface area contributed by atoms with Crippen molar-refractivity contribution in [2.24, 2.45) is 0 Å². The lowest BCUT2D eigenvalue weighted by Gasteiger charge is -2.24. The number of anilines is 2. The highest BCUT2D eigenvalue weighted by molar-refractivity contribution is 7.80. The van der Waals surface area contributed by atoms with Gasteiger partial charge in [-0.05, 0) is 55.4 Å². The maximum Gasteiger partial charge on any atom is 0.243 e. The molecule has 0 saturated heterocycles. The number of ether oxygens (including phenoxy) is 2. The van der Waals surface area contributed by atoms with Crippen molar-refractivity contribution in [2.75, 3.05) is 36.9 Å². The van der Waals surface area contributed by atoms with Gasteiger partial charge < -0.3 is 25.0 Å². The number of amides is 1. The number of hydrogen-bond donors (Lipinski definition) is 2. The molecule has 148 valence electrons. The molecule has 2 aromatic rings. The van der Waals surface area contributed by atoms with Crippen LogP contribution in [0.25, 0.3) is 0 Å². The fourth-order valence-electron chi connectivity index (χ4n) is 2.85. The van der Waals surface area contributed by atoms with Crippen molar-refractivity contribution in [3.8, 4) is 11.5 Å². The van der Waals surface area contributed by atoms with Crippen LogP contribution in [0, 0.1) is 0 Å². The lowest BCUT2D eigenvalue weighted by Crippen LogP contribution is -2.40. The molecule has 0 aromatic heterocycles. The van der Waals surface area contributed by atoms with E-state index in [1.54, 1.807) is 18.2 Å². The molecule has 2 N–H and O–H groups in total. The van der Waals surface area contributed by atoms with Crippen LogP contribution in [0.3, 0.4) is 0 Å². The molecule has 28 heavy (non-hydrogen) atoms. The third-order valence-electron chi connectivity index (χ3n) is 4.44. The van der Waals surface area contributed by atoms with Crippen LogP contribution in [0.5, 0.6) is 11.5 Å². The van der Waals surface area contributed by atoms with E-state index in [-0.39, 0.29) is 12.5 Å². The monoisotopic (exact) mass is 399 g/mol. The van der Waals surface area contributed by atoms with Crippen molar-refractivity contribution < 1.29 is 14.3 Å². The van der Waals surface area contributed by atoms with Crippen molar-refractivity contribution in [1.29, 1.82) is 0 Å². The molecule has 0 bridgehead atoms. The Hall–Kier alpha value is -2.80.